The Morgan fingerprint density at radius 1 is 1.04 bits per heavy atom. The summed E-state index contributed by atoms with van der Waals surface area (Å²) < 4.78 is 0. The van der Waals surface area contributed by atoms with Gasteiger partial charge in [0.25, 0.3) is 0 Å². The number of nitrogens with one attached hydrogen (secondary N) is 1. The van der Waals surface area contributed by atoms with E-state index in [0.29, 0.717) is 6.54 Å². The second-order valence-electron chi connectivity index (χ2n) is 6.31. The van der Waals surface area contributed by atoms with Crippen molar-refractivity contribution < 1.29 is 9.59 Å². The molecule has 0 atom stereocenters. The summed E-state index contributed by atoms with van der Waals surface area (Å²) in [6, 6.07) is 13.8. The predicted molar refractivity (Wildman–Crippen MR) is 103 cm³/mol. The van der Waals surface area contributed by atoms with Crippen molar-refractivity contribution in [2.75, 3.05) is 16.8 Å². The molecule has 2 aromatic rings. The molecule has 0 heterocycles. The van der Waals surface area contributed by atoms with Crippen molar-refractivity contribution in [3.8, 4) is 0 Å². The minimum Gasteiger partial charge on any atom is -0.326 e. The van der Waals surface area contributed by atoms with Gasteiger partial charge in [-0.15, -0.1) is 0 Å². The maximum Gasteiger partial charge on any atom is 0.226 e. The third-order valence-corrected chi connectivity index (χ3v) is 4.25. The Labute approximate surface area is 149 Å². The summed E-state index contributed by atoms with van der Waals surface area (Å²) in [5.41, 5.74) is 5.06. The van der Waals surface area contributed by atoms with Gasteiger partial charge in [-0.3, -0.25) is 9.59 Å². The number of nitrogens with zero attached hydrogens (tertiary/aromatic N) is 1. The molecule has 0 saturated carbocycles. The second-order valence-corrected chi connectivity index (χ2v) is 6.31. The van der Waals surface area contributed by atoms with Gasteiger partial charge in [-0.05, 0) is 49.6 Å². The first-order chi connectivity index (χ1) is 11.9. The summed E-state index contributed by atoms with van der Waals surface area (Å²) in [4.78, 5) is 25.9. The van der Waals surface area contributed by atoms with E-state index in [1.54, 1.807) is 4.90 Å². The molecule has 0 spiro atoms. The average Bonchev–Trinajstić information content (AvgIpc) is 2.58. The van der Waals surface area contributed by atoms with Crippen LogP contribution in [0, 0.1) is 13.8 Å². The topological polar surface area (TPSA) is 49.4 Å². The van der Waals surface area contributed by atoms with E-state index in [2.05, 4.69) is 12.2 Å². The van der Waals surface area contributed by atoms with Crippen LogP contribution in [0.25, 0.3) is 0 Å². The summed E-state index contributed by atoms with van der Waals surface area (Å²) in [5.74, 6) is -0.160. The van der Waals surface area contributed by atoms with Crippen molar-refractivity contribution >= 4 is 23.2 Å². The van der Waals surface area contributed by atoms with Crippen LogP contribution in [0.3, 0.4) is 0 Å². The highest BCUT2D eigenvalue weighted by Gasteiger charge is 2.14. The molecule has 0 fully saturated rings. The van der Waals surface area contributed by atoms with Crippen LogP contribution in [0.15, 0.2) is 42.5 Å². The monoisotopic (exact) mass is 338 g/mol. The van der Waals surface area contributed by atoms with Crippen molar-refractivity contribution in [1.82, 2.24) is 0 Å². The number of aryl methyl sites for hydroxylation is 3. The van der Waals surface area contributed by atoms with E-state index in [0.717, 1.165) is 28.9 Å². The van der Waals surface area contributed by atoms with Crippen LogP contribution in [-0.2, 0) is 16.0 Å². The lowest BCUT2D eigenvalue weighted by Gasteiger charge is -2.21. The summed E-state index contributed by atoms with van der Waals surface area (Å²) in [7, 11) is 0. The van der Waals surface area contributed by atoms with Gasteiger partial charge in [0.05, 0.1) is 0 Å². The summed E-state index contributed by atoms with van der Waals surface area (Å²) in [6.07, 6.45) is 1.21. The molecule has 0 saturated heterocycles. The van der Waals surface area contributed by atoms with E-state index in [4.69, 9.17) is 0 Å². The minimum atomic E-state index is -0.0941. The molecular weight excluding hydrogens is 312 g/mol. The van der Waals surface area contributed by atoms with Crippen LogP contribution < -0.4 is 10.2 Å². The summed E-state index contributed by atoms with van der Waals surface area (Å²) >= 11 is 0. The molecule has 2 rings (SSSR count). The van der Waals surface area contributed by atoms with E-state index in [1.807, 2.05) is 56.3 Å². The molecule has 2 amide bonds. The van der Waals surface area contributed by atoms with Gasteiger partial charge >= 0.3 is 0 Å². The van der Waals surface area contributed by atoms with Gasteiger partial charge in [0.15, 0.2) is 0 Å². The predicted octanol–water partition coefficient (Wildman–Crippen LogP) is 4.25. The number of benzene rings is 2. The fraction of sp³-hybridized carbons (Fsp3) is 0.333. The molecule has 132 valence electrons. The SMILES string of the molecule is CCc1ccc(N(CCC(=O)Nc2ccc(C)cc2C)C(C)=O)cc1. The van der Waals surface area contributed by atoms with Gasteiger partial charge in [0, 0.05) is 31.3 Å². The molecule has 4 nitrogen and oxygen atoms in total. The molecule has 0 radical (unpaired) electrons. The smallest absolute Gasteiger partial charge is 0.226 e. The zero-order chi connectivity index (χ0) is 18.4. The Morgan fingerprint density at radius 2 is 1.72 bits per heavy atom. The van der Waals surface area contributed by atoms with Crippen LogP contribution in [0.4, 0.5) is 11.4 Å². The molecule has 0 aliphatic carbocycles. The third-order valence-electron chi connectivity index (χ3n) is 4.25. The fourth-order valence-electron chi connectivity index (χ4n) is 2.76. The Hall–Kier alpha value is -2.62. The van der Waals surface area contributed by atoms with Gasteiger partial charge in [0.2, 0.25) is 11.8 Å². The first-order valence-corrected chi connectivity index (χ1v) is 8.65. The Balaban J connectivity index is 2.00. The number of anilines is 2. The van der Waals surface area contributed by atoms with E-state index in [9.17, 15) is 9.59 Å². The standard InChI is InChI=1S/C21H26N2O2/c1-5-18-7-9-19(10-8-18)23(17(4)24)13-12-21(25)22-20-11-6-15(2)14-16(20)3/h6-11,14H,5,12-13H2,1-4H3,(H,22,25). The molecule has 0 aromatic heterocycles. The molecule has 0 aliphatic heterocycles. The van der Waals surface area contributed by atoms with E-state index in [1.165, 1.54) is 12.5 Å². The number of amides is 2. The summed E-state index contributed by atoms with van der Waals surface area (Å²) in [6.45, 7) is 7.97. The lowest BCUT2D eigenvalue weighted by Crippen LogP contribution is -2.32. The van der Waals surface area contributed by atoms with Crippen molar-refractivity contribution in [2.24, 2.45) is 0 Å². The van der Waals surface area contributed by atoms with Crippen LogP contribution >= 0.6 is 0 Å². The van der Waals surface area contributed by atoms with Gasteiger partial charge in [-0.1, -0.05) is 36.8 Å². The second kappa shape index (κ2) is 8.47. The van der Waals surface area contributed by atoms with Crippen LogP contribution in [-0.4, -0.2) is 18.4 Å². The van der Waals surface area contributed by atoms with Crippen molar-refractivity contribution in [2.45, 2.75) is 40.5 Å². The molecule has 0 bridgehead atoms. The first kappa shape index (κ1) is 18.7. The lowest BCUT2D eigenvalue weighted by atomic mass is 10.1. The number of rotatable bonds is 6. The lowest BCUT2D eigenvalue weighted by molar-refractivity contribution is -0.117. The third kappa shape index (κ3) is 5.18. The molecular formula is C21H26N2O2. The largest absolute Gasteiger partial charge is 0.326 e. The van der Waals surface area contributed by atoms with Gasteiger partial charge < -0.3 is 10.2 Å². The number of hydrogen-bond donors (Lipinski definition) is 1. The molecule has 1 N–H and O–H groups in total. The quantitative estimate of drug-likeness (QED) is 0.856. The zero-order valence-corrected chi connectivity index (χ0v) is 15.4. The molecule has 4 heteroatoms. The highest BCUT2D eigenvalue weighted by molar-refractivity contribution is 5.95. The van der Waals surface area contributed by atoms with Gasteiger partial charge in [-0.25, -0.2) is 0 Å². The zero-order valence-electron chi connectivity index (χ0n) is 15.4. The number of carbonyl (C=O) groups excluding carboxylic acids is 2. The van der Waals surface area contributed by atoms with E-state index < -0.39 is 0 Å². The maximum absolute atomic E-state index is 12.3. The van der Waals surface area contributed by atoms with Crippen molar-refractivity contribution in [1.29, 1.82) is 0 Å². The number of carbonyl (C=O) groups is 2. The highest BCUT2D eigenvalue weighted by Crippen LogP contribution is 2.18. The van der Waals surface area contributed by atoms with Crippen molar-refractivity contribution in [3.63, 3.8) is 0 Å². The highest BCUT2D eigenvalue weighted by atomic mass is 16.2. The number of hydrogen-bond acceptors (Lipinski definition) is 2. The normalized spacial score (nSPS) is 10.4. The molecule has 2 aromatic carbocycles. The average molecular weight is 338 g/mol. The molecule has 0 unspecified atom stereocenters. The Bertz CT molecular complexity index is 751. The molecule has 25 heavy (non-hydrogen) atoms. The van der Waals surface area contributed by atoms with Crippen LogP contribution in [0.2, 0.25) is 0 Å². The summed E-state index contributed by atoms with van der Waals surface area (Å²) in [5, 5.41) is 2.92. The van der Waals surface area contributed by atoms with Crippen LogP contribution in [0.1, 0.15) is 37.0 Å². The minimum absolute atomic E-state index is 0.0661. The Morgan fingerprint density at radius 3 is 2.28 bits per heavy atom. The fourth-order valence-corrected chi connectivity index (χ4v) is 2.76. The van der Waals surface area contributed by atoms with E-state index >= 15 is 0 Å². The van der Waals surface area contributed by atoms with Gasteiger partial charge in [-0.2, -0.15) is 0 Å². The maximum atomic E-state index is 12.3. The Kier molecular flexibility index (Phi) is 6.34. The van der Waals surface area contributed by atoms with Gasteiger partial charge in [0.1, 0.15) is 0 Å². The van der Waals surface area contributed by atoms with Crippen LogP contribution in [0.5, 0.6) is 0 Å². The first-order valence-electron chi connectivity index (χ1n) is 8.65. The van der Waals surface area contributed by atoms with E-state index in [-0.39, 0.29) is 18.2 Å². The molecule has 0 aliphatic rings. The van der Waals surface area contributed by atoms with Crippen molar-refractivity contribution in [3.05, 3.63) is 59.2 Å².